The summed E-state index contributed by atoms with van der Waals surface area (Å²) in [7, 11) is -0.275. The van der Waals surface area contributed by atoms with Crippen LogP contribution in [-0.2, 0) is 22.9 Å². The van der Waals surface area contributed by atoms with Crippen LogP contribution < -0.4 is 24.8 Å². The van der Waals surface area contributed by atoms with Crippen molar-refractivity contribution in [2.75, 3.05) is 0 Å². The van der Waals surface area contributed by atoms with Crippen LogP contribution in [-0.4, -0.2) is 10.3 Å². The topological polar surface area (TPSA) is 0 Å². The minimum absolute atomic E-state index is 0. The zero-order chi connectivity index (χ0) is 22.7. The van der Waals surface area contributed by atoms with Crippen molar-refractivity contribution >= 4 is 14.0 Å². The summed E-state index contributed by atoms with van der Waals surface area (Å²) in [5.41, 5.74) is 9.25. The molecule has 0 spiro atoms. The van der Waals surface area contributed by atoms with Crippen molar-refractivity contribution in [3.05, 3.63) is 100 Å². The van der Waals surface area contributed by atoms with Crippen LogP contribution >= 0.6 is 7.92 Å². The number of halogens is 2. The second-order valence-corrected chi connectivity index (χ2v) is 20.3. The number of rotatable bonds is 3. The van der Waals surface area contributed by atoms with E-state index in [0.717, 1.165) is 0 Å². The molecule has 34 heavy (non-hydrogen) atoms. The molecule has 1 unspecified atom stereocenters. The molecule has 3 aromatic rings. The van der Waals surface area contributed by atoms with E-state index in [-0.39, 0.29) is 32.7 Å². The van der Waals surface area contributed by atoms with E-state index < -0.39 is 22.9 Å². The number of fused-ring (bicyclic) bond motifs is 4. The Balaban J connectivity index is 0.00000162. The second kappa shape index (κ2) is 10.3. The Labute approximate surface area is 231 Å². The van der Waals surface area contributed by atoms with Crippen molar-refractivity contribution in [1.82, 2.24) is 0 Å². The van der Waals surface area contributed by atoms with Gasteiger partial charge in [0.25, 0.3) is 0 Å². The summed E-state index contributed by atoms with van der Waals surface area (Å²) < 4.78 is 1.33. The van der Waals surface area contributed by atoms with Gasteiger partial charge in [0.2, 0.25) is 0 Å². The molecule has 3 aromatic carbocycles. The van der Waals surface area contributed by atoms with Crippen molar-refractivity contribution in [2.24, 2.45) is 0 Å². The number of hydrogen-bond donors (Lipinski definition) is 0. The summed E-state index contributed by atoms with van der Waals surface area (Å²) in [5.74, 6) is 0. The maximum atomic E-state index is 2.61. The molecule has 0 N–H and O–H groups in total. The fourth-order valence-electron chi connectivity index (χ4n) is 5.96. The zero-order valence-electron chi connectivity index (χ0n) is 20.9. The van der Waals surface area contributed by atoms with Gasteiger partial charge in [0, 0.05) is 0 Å². The molecule has 0 heterocycles. The van der Waals surface area contributed by atoms with E-state index in [1.165, 1.54) is 16.7 Å². The third-order valence-corrected chi connectivity index (χ3v) is 18.0. The molecular formula is C30H33Cl2HfP. The van der Waals surface area contributed by atoms with Gasteiger partial charge >= 0.3 is 208 Å². The van der Waals surface area contributed by atoms with Crippen molar-refractivity contribution in [3.63, 3.8) is 0 Å². The standard InChI is InChI=1S/C17H24P.C13H9.2ClH.Hf/c1-16(2,3)18(17(4,5)6)15-11-13-9-7-8-10-14(13)12-15;1-3-7-12-10(5-1)9-11-6-2-4-8-13(11)12;;;/h7-12H,1-6H3;1-9H;2*1H;/q;;;;+2/p-2. The minimum Gasteiger partial charge on any atom is -1.00 e. The monoisotopic (exact) mass is 674 g/mol. The normalized spacial score (nSPS) is 16.6. The Morgan fingerprint density at radius 3 is 1.53 bits per heavy atom. The molecule has 0 saturated heterocycles. The minimum atomic E-state index is -1.19. The molecular weight excluding hydrogens is 641 g/mol. The van der Waals surface area contributed by atoms with Gasteiger partial charge in [0.1, 0.15) is 0 Å². The van der Waals surface area contributed by atoms with Crippen LogP contribution in [0.1, 0.15) is 71.1 Å². The molecule has 0 aliphatic heterocycles. The first-order valence-corrected chi connectivity index (χ1v) is 17.2. The van der Waals surface area contributed by atoms with Crippen LogP contribution in [0.4, 0.5) is 0 Å². The van der Waals surface area contributed by atoms with Crippen LogP contribution in [0.3, 0.4) is 0 Å². The molecule has 0 bridgehead atoms. The van der Waals surface area contributed by atoms with Crippen molar-refractivity contribution in [3.8, 4) is 11.1 Å². The predicted octanol–water partition coefficient (Wildman–Crippen LogP) is 3.02. The van der Waals surface area contributed by atoms with Gasteiger partial charge in [-0.3, -0.25) is 0 Å². The molecule has 1 atom stereocenters. The number of hydrogen-bond acceptors (Lipinski definition) is 0. The van der Waals surface area contributed by atoms with Crippen molar-refractivity contribution < 1.29 is 47.7 Å². The number of benzene rings is 3. The van der Waals surface area contributed by atoms with Gasteiger partial charge in [-0.05, 0) is 0 Å². The summed E-state index contributed by atoms with van der Waals surface area (Å²) >= 11 is -1.19. The SMILES string of the molecule is CC(C)(C)P(C1=Cc2ccccc2[CH]1[Hf+2][CH]1c2ccccc2-c2ccccc21)C(C)(C)C.[Cl-].[Cl-]. The van der Waals surface area contributed by atoms with E-state index in [2.05, 4.69) is 120 Å². The first-order chi connectivity index (χ1) is 15.2. The maximum absolute atomic E-state index is 2.61. The first-order valence-electron chi connectivity index (χ1n) is 11.7. The van der Waals surface area contributed by atoms with E-state index >= 15 is 0 Å². The Bertz CT molecular complexity index is 1140. The zero-order valence-corrected chi connectivity index (χ0v) is 26.9. The molecule has 5 rings (SSSR count). The molecule has 2 aliphatic rings. The molecule has 0 amide bonds. The third-order valence-electron chi connectivity index (χ3n) is 6.67. The number of allylic oxidation sites excluding steroid dienone is 1. The van der Waals surface area contributed by atoms with Gasteiger partial charge < -0.3 is 24.8 Å². The van der Waals surface area contributed by atoms with Crippen LogP contribution in [0.15, 0.2) is 78.1 Å². The fourth-order valence-corrected chi connectivity index (χ4v) is 19.0. The summed E-state index contributed by atoms with van der Waals surface area (Å²) in [4.78, 5) is 0. The summed E-state index contributed by atoms with van der Waals surface area (Å²) in [6.45, 7) is 14.8. The Morgan fingerprint density at radius 1 is 0.588 bits per heavy atom. The Kier molecular flexibility index (Phi) is 8.47. The molecule has 0 radical (unpaired) electrons. The van der Waals surface area contributed by atoms with Crippen molar-refractivity contribution in [2.45, 2.75) is 59.2 Å². The van der Waals surface area contributed by atoms with Crippen LogP contribution in [0.25, 0.3) is 17.2 Å². The molecule has 2 aliphatic carbocycles. The summed E-state index contributed by atoms with van der Waals surface area (Å²) in [6.07, 6.45) is 2.61. The molecule has 0 fully saturated rings. The van der Waals surface area contributed by atoms with Gasteiger partial charge in [0.05, 0.1) is 0 Å². The predicted molar refractivity (Wildman–Crippen MR) is 137 cm³/mol. The second-order valence-electron chi connectivity index (χ2n) is 11.1. The van der Waals surface area contributed by atoms with Crippen LogP contribution in [0.2, 0.25) is 0 Å². The van der Waals surface area contributed by atoms with Gasteiger partial charge in [-0.1, -0.05) is 0 Å². The Morgan fingerprint density at radius 2 is 1.03 bits per heavy atom. The van der Waals surface area contributed by atoms with E-state index in [0.29, 0.717) is 17.7 Å². The largest absolute Gasteiger partial charge is 1.00 e. The fraction of sp³-hybridized carbons (Fsp3) is 0.333. The third kappa shape index (κ3) is 4.93. The molecule has 176 valence electrons. The molecule has 4 heteroatoms. The smallest absolute Gasteiger partial charge is 1.00 e. The summed E-state index contributed by atoms with van der Waals surface area (Å²) in [5, 5.41) is 2.38. The maximum Gasteiger partial charge on any atom is -1.00 e. The first kappa shape index (κ1) is 27.9. The van der Waals surface area contributed by atoms with Gasteiger partial charge in [-0.25, -0.2) is 0 Å². The molecule has 0 saturated carbocycles. The van der Waals surface area contributed by atoms with Crippen molar-refractivity contribution in [1.29, 1.82) is 0 Å². The van der Waals surface area contributed by atoms with Gasteiger partial charge in [-0.15, -0.1) is 0 Å². The van der Waals surface area contributed by atoms with Crippen LogP contribution in [0, 0.1) is 0 Å². The van der Waals surface area contributed by atoms with Gasteiger partial charge in [-0.2, -0.15) is 0 Å². The van der Waals surface area contributed by atoms with E-state index in [4.69, 9.17) is 0 Å². The summed E-state index contributed by atoms with van der Waals surface area (Å²) in [6, 6.07) is 27.7. The van der Waals surface area contributed by atoms with Gasteiger partial charge in [0.15, 0.2) is 0 Å². The molecule has 0 aromatic heterocycles. The van der Waals surface area contributed by atoms with E-state index in [1.54, 1.807) is 22.0 Å². The average molecular weight is 674 g/mol. The molecule has 0 nitrogen and oxygen atoms in total. The average Bonchev–Trinajstić information content (AvgIpc) is 3.23. The van der Waals surface area contributed by atoms with Crippen LogP contribution in [0.5, 0.6) is 0 Å². The van der Waals surface area contributed by atoms with E-state index in [1.807, 2.05) is 0 Å². The Hall–Kier alpha value is -0.720. The quantitative estimate of drug-likeness (QED) is 0.297. The van der Waals surface area contributed by atoms with E-state index in [9.17, 15) is 0 Å².